The lowest BCUT2D eigenvalue weighted by Crippen LogP contribution is -2.44. The molecule has 1 aliphatic heterocycles. The molecule has 1 fully saturated rings. The van der Waals surface area contributed by atoms with Gasteiger partial charge in [0, 0.05) is 48.6 Å². The first-order chi connectivity index (χ1) is 13.7. The number of ether oxygens (including phenoxy) is 1. The number of hydrogen-bond donors (Lipinski definition) is 2. The van der Waals surface area contributed by atoms with Crippen LogP contribution in [0.15, 0.2) is 28.7 Å². The van der Waals surface area contributed by atoms with Gasteiger partial charge in [0.05, 0.1) is 30.3 Å². The van der Waals surface area contributed by atoms with Crippen molar-refractivity contribution in [2.45, 2.75) is 39.3 Å². The van der Waals surface area contributed by atoms with E-state index in [1.165, 1.54) is 14.8 Å². The zero-order valence-electron chi connectivity index (χ0n) is 17.4. The van der Waals surface area contributed by atoms with Crippen molar-refractivity contribution in [2.24, 2.45) is 4.99 Å². The molecule has 0 amide bonds. The predicted octanol–water partition coefficient (Wildman–Crippen LogP) is 3.69. The van der Waals surface area contributed by atoms with Crippen LogP contribution in [0.25, 0.3) is 0 Å². The van der Waals surface area contributed by atoms with Crippen molar-refractivity contribution in [1.29, 1.82) is 0 Å². The lowest BCUT2D eigenvalue weighted by atomic mass is 10.1. The second-order valence-corrected chi connectivity index (χ2v) is 9.27. The second kappa shape index (κ2) is 12.8. The van der Waals surface area contributed by atoms with E-state index >= 15 is 0 Å². The van der Waals surface area contributed by atoms with Crippen molar-refractivity contribution >= 4 is 52.6 Å². The van der Waals surface area contributed by atoms with Crippen LogP contribution in [0.5, 0.6) is 0 Å². The fourth-order valence-corrected chi connectivity index (χ4v) is 4.96. The number of aryl methyl sites for hydroxylation is 1. The molecule has 0 aliphatic carbocycles. The molecule has 3 heterocycles. The molecule has 0 saturated carbocycles. The van der Waals surface area contributed by atoms with Crippen molar-refractivity contribution in [3.63, 3.8) is 0 Å². The van der Waals surface area contributed by atoms with Crippen LogP contribution < -0.4 is 10.6 Å². The first-order valence-corrected chi connectivity index (χ1v) is 11.7. The molecule has 2 atom stereocenters. The van der Waals surface area contributed by atoms with E-state index in [0.717, 1.165) is 51.7 Å². The lowest BCUT2D eigenvalue weighted by Gasteiger charge is -2.36. The van der Waals surface area contributed by atoms with Gasteiger partial charge in [-0.2, -0.15) is 0 Å². The summed E-state index contributed by atoms with van der Waals surface area (Å²) < 4.78 is 5.73. The maximum atomic E-state index is 5.73. The van der Waals surface area contributed by atoms with Crippen LogP contribution in [0.3, 0.4) is 0 Å². The Labute approximate surface area is 199 Å². The van der Waals surface area contributed by atoms with Crippen LogP contribution in [-0.4, -0.2) is 61.3 Å². The van der Waals surface area contributed by atoms with Crippen LogP contribution in [0.2, 0.25) is 0 Å². The molecular formula is C20H32IN5OS2. The Balaban J connectivity index is 0.00000300. The van der Waals surface area contributed by atoms with Gasteiger partial charge in [0.2, 0.25) is 0 Å². The van der Waals surface area contributed by atoms with Crippen LogP contribution in [0.1, 0.15) is 34.7 Å². The van der Waals surface area contributed by atoms with Gasteiger partial charge in [-0.15, -0.1) is 46.7 Å². The molecule has 0 spiro atoms. The van der Waals surface area contributed by atoms with Crippen LogP contribution in [-0.2, 0) is 11.2 Å². The van der Waals surface area contributed by atoms with Gasteiger partial charge >= 0.3 is 0 Å². The van der Waals surface area contributed by atoms with Crippen molar-refractivity contribution in [2.75, 3.05) is 39.3 Å². The van der Waals surface area contributed by atoms with Crippen LogP contribution in [0.4, 0.5) is 0 Å². The standard InChI is InChI=1S/C20H31N5OS2.HI/c1-4-21-20(22-8-7-19-23-12-16(3)28-19)24-13-17(18-6-5-11-27-18)25-9-10-26-15(2)14-25;/h5-6,11-12,15,17H,4,7-10,13-14H2,1-3H3,(H2,21,22,24);1H. The van der Waals surface area contributed by atoms with E-state index in [2.05, 4.69) is 58.8 Å². The Hall–Kier alpha value is -0.750. The minimum Gasteiger partial charge on any atom is -0.376 e. The molecule has 0 aromatic carbocycles. The van der Waals surface area contributed by atoms with E-state index in [-0.39, 0.29) is 30.1 Å². The van der Waals surface area contributed by atoms with E-state index in [1.807, 2.05) is 17.5 Å². The summed E-state index contributed by atoms with van der Waals surface area (Å²) in [5, 5.41) is 10.1. The third-order valence-corrected chi connectivity index (χ3v) is 6.60. The third kappa shape index (κ3) is 7.78. The number of halogens is 1. The Morgan fingerprint density at radius 3 is 2.97 bits per heavy atom. The molecule has 162 valence electrons. The number of aromatic nitrogens is 1. The Kier molecular flexibility index (Phi) is 10.9. The minimum atomic E-state index is 0. The number of guanidine groups is 1. The first-order valence-electron chi connectivity index (χ1n) is 9.98. The summed E-state index contributed by atoms with van der Waals surface area (Å²) in [5.41, 5.74) is 0. The highest BCUT2D eigenvalue weighted by molar-refractivity contribution is 14.0. The molecule has 1 aliphatic rings. The van der Waals surface area contributed by atoms with Crippen molar-refractivity contribution in [1.82, 2.24) is 20.5 Å². The fourth-order valence-electron chi connectivity index (χ4n) is 3.32. The van der Waals surface area contributed by atoms with E-state index in [9.17, 15) is 0 Å². The van der Waals surface area contributed by atoms with Gasteiger partial charge in [-0.25, -0.2) is 4.98 Å². The number of aliphatic imine (C=N–C) groups is 1. The third-order valence-electron chi connectivity index (χ3n) is 4.65. The van der Waals surface area contributed by atoms with Gasteiger partial charge < -0.3 is 15.4 Å². The topological polar surface area (TPSA) is 61.8 Å². The lowest BCUT2D eigenvalue weighted by molar-refractivity contribution is -0.0327. The molecule has 0 radical (unpaired) electrons. The van der Waals surface area contributed by atoms with Crippen molar-refractivity contribution in [3.05, 3.63) is 38.5 Å². The maximum Gasteiger partial charge on any atom is 0.191 e. The molecule has 6 nitrogen and oxygen atoms in total. The molecule has 2 aromatic heterocycles. The Morgan fingerprint density at radius 2 is 2.31 bits per heavy atom. The summed E-state index contributed by atoms with van der Waals surface area (Å²) in [6.07, 6.45) is 3.13. The molecule has 2 aromatic rings. The number of morpholine rings is 1. The van der Waals surface area contributed by atoms with Crippen LogP contribution in [0, 0.1) is 6.92 Å². The maximum absolute atomic E-state index is 5.73. The number of hydrogen-bond acceptors (Lipinski definition) is 6. The van der Waals surface area contributed by atoms with Gasteiger partial charge in [0.1, 0.15) is 0 Å². The number of thiophene rings is 1. The average molecular weight is 550 g/mol. The summed E-state index contributed by atoms with van der Waals surface area (Å²) in [5.74, 6) is 0.874. The molecule has 29 heavy (non-hydrogen) atoms. The van der Waals surface area contributed by atoms with Crippen molar-refractivity contribution in [3.8, 4) is 0 Å². The zero-order chi connectivity index (χ0) is 19.8. The average Bonchev–Trinajstić information content (AvgIpc) is 3.34. The highest BCUT2D eigenvalue weighted by Gasteiger charge is 2.26. The van der Waals surface area contributed by atoms with Gasteiger partial charge in [0.15, 0.2) is 5.96 Å². The van der Waals surface area contributed by atoms with Gasteiger partial charge in [-0.3, -0.25) is 9.89 Å². The molecule has 2 N–H and O–H groups in total. The van der Waals surface area contributed by atoms with E-state index in [1.54, 1.807) is 11.3 Å². The van der Waals surface area contributed by atoms with Gasteiger partial charge in [-0.05, 0) is 32.2 Å². The number of thiazole rings is 1. The molecule has 2 unspecified atom stereocenters. The number of nitrogens with zero attached hydrogens (tertiary/aromatic N) is 3. The molecular weight excluding hydrogens is 517 g/mol. The Morgan fingerprint density at radius 1 is 1.45 bits per heavy atom. The van der Waals surface area contributed by atoms with Crippen molar-refractivity contribution < 1.29 is 4.74 Å². The second-order valence-electron chi connectivity index (χ2n) is 6.97. The monoisotopic (exact) mass is 549 g/mol. The SMILES string of the molecule is CCNC(=NCC(c1cccs1)N1CCOC(C)C1)NCCc1ncc(C)s1.I. The minimum absolute atomic E-state index is 0. The number of nitrogens with one attached hydrogen (secondary N) is 2. The van der Waals surface area contributed by atoms with E-state index in [4.69, 9.17) is 9.73 Å². The molecule has 1 saturated heterocycles. The van der Waals surface area contributed by atoms with E-state index in [0.29, 0.717) is 6.04 Å². The highest BCUT2D eigenvalue weighted by Crippen LogP contribution is 2.27. The summed E-state index contributed by atoms with van der Waals surface area (Å²) in [6, 6.07) is 4.64. The molecule has 0 bridgehead atoms. The fraction of sp³-hybridized carbons (Fsp3) is 0.600. The quantitative estimate of drug-likeness (QED) is 0.299. The number of rotatable bonds is 8. The summed E-state index contributed by atoms with van der Waals surface area (Å²) >= 11 is 3.57. The summed E-state index contributed by atoms with van der Waals surface area (Å²) in [4.78, 5) is 14.5. The summed E-state index contributed by atoms with van der Waals surface area (Å²) in [6.45, 7) is 11.4. The normalized spacial score (nSPS) is 18.9. The first kappa shape index (κ1) is 24.5. The van der Waals surface area contributed by atoms with E-state index < -0.39 is 0 Å². The summed E-state index contributed by atoms with van der Waals surface area (Å²) in [7, 11) is 0. The van der Waals surface area contributed by atoms with Gasteiger partial charge in [0.25, 0.3) is 0 Å². The Bertz CT molecular complexity index is 737. The highest BCUT2D eigenvalue weighted by atomic mass is 127. The molecule has 9 heteroatoms. The smallest absolute Gasteiger partial charge is 0.191 e. The zero-order valence-corrected chi connectivity index (χ0v) is 21.4. The molecule has 3 rings (SSSR count). The largest absolute Gasteiger partial charge is 0.376 e. The predicted molar refractivity (Wildman–Crippen MR) is 134 cm³/mol. The van der Waals surface area contributed by atoms with Gasteiger partial charge in [-0.1, -0.05) is 6.07 Å². The van der Waals surface area contributed by atoms with Crippen LogP contribution >= 0.6 is 46.7 Å².